The third-order valence-corrected chi connectivity index (χ3v) is 9.25. The number of hydrogen-bond acceptors (Lipinski definition) is 4. The predicted octanol–water partition coefficient (Wildman–Crippen LogP) is 5.63. The molecule has 1 N–H and O–H groups in total. The monoisotopic (exact) mass is 657 g/mol. The lowest BCUT2D eigenvalue weighted by atomic mass is 9.98. The molecule has 10 heteroatoms. The summed E-state index contributed by atoms with van der Waals surface area (Å²) in [5, 5.41) is 7.86. The van der Waals surface area contributed by atoms with E-state index in [9.17, 15) is 14.4 Å². The van der Waals surface area contributed by atoms with Gasteiger partial charge in [-0.1, -0.05) is 41.9 Å². The predicted molar refractivity (Wildman–Crippen MR) is 170 cm³/mol. The molecule has 2 aromatic heterocycles. The molecule has 0 aliphatic carbocycles. The molecule has 218 valence electrons. The Morgan fingerprint density at radius 3 is 2.44 bits per heavy atom. The number of nitrogens with one attached hydrogen (secondary N) is 1. The minimum atomic E-state index is -0.232. The van der Waals surface area contributed by atoms with Crippen LogP contribution in [-0.2, 0) is 25.8 Å². The Hall–Kier alpha value is -4.21. The van der Waals surface area contributed by atoms with Gasteiger partial charge in [-0.05, 0) is 90.1 Å². The maximum Gasteiger partial charge on any atom is 0.261 e. The zero-order valence-corrected chi connectivity index (χ0v) is 26.0. The number of hydrogen-bond donors (Lipinski definition) is 1. The second-order valence-electron chi connectivity index (χ2n) is 10.7. The standard InChI is InChI=1S/C33H29BrClN5O3/c1-20-16-26-29(19-38(20)32(42)23-12-15-27(34)28(35)17-23)40-31(24(18-37-40)9-8-21-6-4-3-5-7-21)39(33(26)43)25-13-10-22(11-14-25)30(41)36-2/h3-7,10-15,17-18,20H,8-9,16,19H2,1-2H3,(H,36,41)/t20-/m0/s1. The van der Waals surface area contributed by atoms with Crippen LogP contribution in [0.1, 0.15) is 50.0 Å². The van der Waals surface area contributed by atoms with E-state index >= 15 is 0 Å². The number of benzene rings is 3. The number of carbonyl (C=O) groups is 2. The summed E-state index contributed by atoms with van der Waals surface area (Å²) in [7, 11) is 1.58. The van der Waals surface area contributed by atoms with E-state index < -0.39 is 0 Å². The second-order valence-corrected chi connectivity index (χ2v) is 12.0. The average molecular weight is 659 g/mol. The molecule has 5 aromatic rings. The van der Waals surface area contributed by atoms with Crippen molar-refractivity contribution >= 4 is 45.0 Å². The van der Waals surface area contributed by atoms with Crippen LogP contribution in [0, 0.1) is 0 Å². The molecule has 1 aliphatic heterocycles. The van der Waals surface area contributed by atoms with Crippen molar-refractivity contribution in [1.82, 2.24) is 24.4 Å². The molecule has 1 aliphatic rings. The van der Waals surface area contributed by atoms with E-state index in [-0.39, 0.29) is 30.0 Å². The van der Waals surface area contributed by atoms with E-state index in [1.54, 1.807) is 59.0 Å². The topological polar surface area (TPSA) is 88.7 Å². The van der Waals surface area contributed by atoms with Crippen molar-refractivity contribution in [2.45, 2.75) is 38.8 Å². The van der Waals surface area contributed by atoms with Gasteiger partial charge in [-0.15, -0.1) is 0 Å². The molecule has 1 atom stereocenters. The third kappa shape index (κ3) is 5.39. The Balaban J connectivity index is 1.47. The molecule has 43 heavy (non-hydrogen) atoms. The van der Waals surface area contributed by atoms with Crippen molar-refractivity contribution in [3.63, 3.8) is 0 Å². The number of carbonyl (C=O) groups excluding carboxylic acids is 2. The highest BCUT2D eigenvalue weighted by atomic mass is 79.9. The number of amides is 2. The van der Waals surface area contributed by atoms with E-state index in [2.05, 4.69) is 33.4 Å². The molecule has 0 radical (unpaired) electrons. The Labute approximate surface area is 262 Å². The molecule has 0 spiro atoms. The van der Waals surface area contributed by atoms with E-state index in [4.69, 9.17) is 16.7 Å². The largest absolute Gasteiger partial charge is 0.355 e. The van der Waals surface area contributed by atoms with E-state index in [0.717, 1.165) is 12.0 Å². The summed E-state index contributed by atoms with van der Waals surface area (Å²) in [6, 6.07) is 22.1. The molecule has 3 heterocycles. The minimum Gasteiger partial charge on any atom is -0.355 e. The SMILES string of the molecule is CNC(=O)c1ccc(-n2c(=O)c3c(n4ncc(CCc5ccccc5)c24)CN(C(=O)c2ccc(Br)c(Cl)c2)[C@@H](C)C3)cc1. The Kier molecular flexibility index (Phi) is 7.94. The molecule has 0 saturated carbocycles. The molecular weight excluding hydrogens is 630 g/mol. The third-order valence-electron chi connectivity index (χ3n) is 8.01. The van der Waals surface area contributed by atoms with Gasteiger partial charge >= 0.3 is 0 Å². The van der Waals surface area contributed by atoms with Crippen LogP contribution in [0.2, 0.25) is 5.02 Å². The van der Waals surface area contributed by atoms with Crippen molar-refractivity contribution in [1.29, 1.82) is 0 Å². The summed E-state index contributed by atoms with van der Waals surface area (Å²) in [5.41, 5.74) is 5.53. The highest BCUT2D eigenvalue weighted by Gasteiger charge is 2.33. The molecule has 0 bridgehead atoms. The van der Waals surface area contributed by atoms with Gasteiger partial charge in [0.2, 0.25) is 0 Å². The van der Waals surface area contributed by atoms with Crippen molar-refractivity contribution in [2.75, 3.05) is 7.05 Å². The molecule has 0 saturated heterocycles. The number of halogens is 2. The Morgan fingerprint density at radius 1 is 1.02 bits per heavy atom. The van der Waals surface area contributed by atoms with Crippen LogP contribution < -0.4 is 10.9 Å². The summed E-state index contributed by atoms with van der Waals surface area (Å²) in [4.78, 5) is 42.0. The fourth-order valence-corrected chi connectivity index (χ4v) is 6.12. The summed E-state index contributed by atoms with van der Waals surface area (Å²) >= 11 is 9.69. The number of aryl methyl sites for hydroxylation is 2. The normalized spacial score (nSPS) is 14.5. The van der Waals surface area contributed by atoms with Crippen LogP contribution in [0.5, 0.6) is 0 Å². The van der Waals surface area contributed by atoms with E-state index in [1.165, 1.54) is 5.56 Å². The summed E-state index contributed by atoms with van der Waals surface area (Å²) in [5.74, 6) is -0.362. The lowest BCUT2D eigenvalue weighted by Crippen LogP contribution is -2.46. The van der Waals surface area contributed by atoms with Gasteiger partial charge in [-0.3, -0.25) is 19.0 Å². The van der Waals surface area contributed by atoms with Crippen LogP contribution in [0.3, 0.4) is 0 Å². The fraction of sp³-hybridized carbons (Fsp3) is 0.212. The average Bonchev–Trinajstić information content (AvgIpc) is 3.45. The maximum atomic E-state index is 14.3. The number of aromatic nitrogens is 3. The number of nitrogens with zero attached hydrogens (tertiary/aromatic N) is 4. The Morgan fingerprint density at radius 2 is 1.74 bits per heavy atom. The summed E-state index contributed by atoms with van der Waals surface area (Å²) in [6.07, 6.45) is 3.62. The maximum absolute atomic E-state index is 14.3. The lowest BCUT2D eigenvalue weighted by molar-refractivity contribution is 0.0651. The van der Waals surface area contributed by atoms with Crippen molar-refractivity contribution in [3.8, 4) is 5.69 Å². The molecule has 3 aromatic carbocycles. The zero-order valence-electron chi connectivity index (χ0n) is 23.7. The molecule has 6 rings (SSSR count). The van der Waals surface area contributed by atoms with Crippen molar-refractivity contribution < 1.29 is 9.59 Å². The summed E-state index contributed by atoms with van der Waals surface area (Å²) in [6.45, 7) is 2.17. The number of rotatable bonds is 6. The van der Waals surface area contributed by atoms with E-state index in [1.807, 2.05) is 35.8 Å². The van der Waals surface area contributed by atoms with Crippen molar-refractivity contribution in [2.24, 2.45) is 0 Å². The molecule has 0 unspecified atom stereocenters. The van der Waals surface area contributed by atoms with Gasteiger partial charge in [0.05, 0.1) is 29.1 Å². The molecule has 0 fully saturated rings. The first-order valence-corrected chi connectivity index (χ1v) is 15.2. The van der Waals surface area contributed by atoms with Crippen LogP contribution in [0.25, 0.3) is 11.3 Å². The minimum absolute atomic E-state index is 0.151. The van der Waals surface area contributed by atoms with Gasteiger partial charge < -0.3 is 10.2 Å². The van der Waals surface area contributed by atoms with Gasteiger partial charge in [0.1, 0.15) is 5.65 Å². The van der Waals surface area contributed by atoms with Gasteiger partial charge in [-0.25, -0.2) is 4.52 Å². The summed E-state index contributed by atoms with van der Waals surface area (Å²) < 4.78 is 4.22. The quantitative estimate of drug-likeness (QED) is 0.256. The van der Waals surface area contributed by atoms with Crippen LogP contribution in [0.15, 0.2) is 88.3 Å². The van der Waals surface area contributed by atoms with Crippen LogP contribution in [0.4, 0.5) is 0 Å². The second kappa shape index (κ2) is 11.8. The van der Waals surface area contributed by atoms with Gasteiger partial charge in [0.25, 0.3) is 17.4 Å². The molecule has 8 nitrogen and oxygen atoms in total. The first-order valence-electron chi connectivity index (χ1n) is 14.0. The first-order chi connectivity index (χ1) is 20.8. The smallest absolute Gasteiger partial charge is 0.261 e. The number of fused-ring (bicyclic) bond motifs is 3. The zero-order chi connectivity index (χ0) is 30.2. The highest BCUT2D eigenvalue weighted by molar-refractivity contribution is 9.10. The Bertz CT molecular complexity index is 1920. The molecular formula is C33H29BrClN5O3. The van der Waals surface area contributed by atoms with Gasteiger partial charge in [0.15, 0.2) is 0 Å². The fourth-order valence-electron chi connectivity index (χ4n) is 5.70. The van der Waals surface area contributed by atoms with Crippen molar-refractivity contribution in [3.05, 3.63) is 132 Å². The van der Waals surface area contributed by atoms with E-state index in [0.29, 0.717) is 56.1 Å². The van der Waals surface area contributed by atoms with Gasteiger partial charge in [-0.2, -0.15) is 5.10 Å². The highest BCUT2D eigenvalue weighted by Crippen LogP contribution is 2.29. The van der Waals surface area contributed by atoms with Crippen LogP contribution >= 0.6 is 27.5 Å². The lowest BCUT2D eigenvalue weighted by Gasteiger charge is -2.35. The van der Waals surface area contributed by atoms with Gasteiger partial charge in [0, 0.05) is 39.8 Å². The first kappa shape index (κ1) is 28.9. The van der Waals surface area contributed by atoms with Crippen LogP contribution in [-0.4, -0.2) is 44.0 Å². The molecule has 2 amide bonds.